The minimum Gasteiger partial charge on any atom is -0.507 e. The van der Waals surface area contributed by atoms with Crippen LogP contribution in [0.15, 0.2) is 18.2 Å². The quantitative estimate of drug-likeness (QED) is 0.730. The molecular weight excluding hydrogens is 373 g/mol. The Morgan fingerprint density at radius 3 is 2.43 bits per heavy atom. The van der Waals surface area contributed by atoms with E-state index >= 15 is 0 Å². The molecule has 0 radical (unpaired) electrons. The molecule has 0 saturated heterocycles. The van der Waals surface area contributed by atoms with Crippen LogP contribution < -0.4 is 5.32 Å². The average Bonchev–Trinajstić information content (AvgIpc) is 3.48. The Kier molecular flexibility index (Phi) is 4.86. The van der Waals surface area contributed by atoms with Gasteiger partial charge in [0.05, 0.1) is 23.4 Å². The summed E-state index contributed by atoms with van der Waals surface area (Å²) in [6, 6.07) is 2.66. The van der Waals surface area contributed by atoms with Crippen molar-refractivity contribution < 1.29 is 23.4 Å². The van der Waals surface area contributed by atoms with Crippen LogP contribution in [0.1, 0.15) is 55.7 Å². The fourth-order valence-electron chi connectivity index (χ4n) is 3.59. The van der Waals surface area contributed by atoms with Crippen LogP contribution in [0, 0.1) is 0 Å². The lowest BCUT2D eigenvalue weighted by atomic mass is 9.93. The second kappa shape index (κ2) is 7.20. The molecule has 1 heterocycles. The average molecular weight is 394 g/mol. The van der Waals surface area contributed by atoms with Gasteiger partial charge in [0.25, 0.3) is 0 Å². The fraction of sp³-hybridized carbons (Fsp3) is 0.526. The molecule has 2 aromatic rings. The molecule has 2 saturated carbocycles. The molecule has 0 aliphatic heterocycles. The second-order valence-electron chi connectivity index (χ2n) is 7.48. The van der Waals surface area contributed by atoms with E-state index in [4.69, 9.17) is 0 Å². The van der Waals surface area contributed by atoms with Gasteiger partial charge in [0, 0.05) is 11.5 Å². The van der Waals surface area contributed by atoms with Crippen molar-refractivity contribution in [3.05, 3.63) is 29.5 Å². The first-order chi connectivity index (χ1) is 13.3. The Labute approximate surface area is 159 Å². The van der Waals surface area contributed by atoms with Crippen molar-refractivity contribution >= 4 is 5.95 Å². The van der Waals surface area contributed by atoms with Gasteiger partial charge < -0.3 is 15.5 Å². The topological polar surface area (TPSA) is 91.2 Å². The molecule has 1 aromatic heterocycles. The SMILES string of the molecule is Oc1cc(C(F)(F)F)ccc1-c1nnc(N[C@@H]2CCCC[C@H]2O)nc1C1CC1. The van der Waals surface area contributed by atoms with Crippen molar-refractivity contribution in [2.24, 2.45) is 0 Å². The van der Waals surface area contributed by atoms with Crippen molar-refractivity contribution in [3.63, 3.8) is 0 Å². The Hall–Kier alpha value is -2.42. The molecule has 1 aromatic carbocycles. The number of aromatic nitrogens is 3. The third kappa shape index (κ3) is 3.89. The highest BCUT2D eigenvalue weighted by Gasteiger charge is 2.34. The molecular formula is C19H21F3N4O2. The van der Waals surface area contributed by atoms with Crippen molar-refractivity contribution in [3.8, 4) is 17.0 Å². The van der Waals surface area contributed by atoms with Gasteiger partial charge in [-0.2, -0.15) is 13.2 Å². The van der Waals surface area contributed by atoms with E-state index < -0.39 is 23.6 Å². The Morgan fingerprint density at radius 1 is 1.04 bits per heavy atom. The van der Waals surface area contributed by atoms with Gasteiger partial charge in [0.15, 0.2) is 0 Å². The van der Waals surface area contributed by atoms with Crippen LogP contribution >= 0.6 is 0 Å². The monoisotopic (exact) mass is 394 g/mol. The standard InChI is InChI=1S/C19H21F3N4O2/c20-19(21,22)11-7-8-12(15(28)9-11)17-16(10-5-6-10)24-18(26-25-17)23-13-3-1-2-4-14(13)27/h7-10,13-14,27-28H,1-6H2,(H,23,24,26)/t13-,14-/m1/s1. The van der Waals surface area contributed by atoms with Gasteiger partial charge in [0.2, 0.25) is 5.95 Å². The number of phenols is 1. The van der Waals surface area contributed by atoms with E-state index in [1.54, 1.807) is 0 Å². The highest BCUT2D eigenvalue weighted by molar-refractivity contribution is 5.70. The summed E-state index contributed by atoms with van der Waals surface area (Å²) in [5, 5.41) is 31.6. The zero-order valence-electron chi connectivity index (χ0n) is 15.1. The first kappa shape index (κ1) is 18.9. The van der Waals surface area contributed by atoms with Gasteiger partial charge in [-0.25, -0.2) is 4.98 Å². The summed E-state index contributed by atoms with van der Waals surface area (Å²) >= 11 is 0. The molecule has 28 heavy (non-hydrogen) atoms. The Morgan fingerprint density at radius 2 is 1.79 bits per heavy atom. The highest BCUT2D eigenvalue weighted by atomic mass is 19.4. The normalized spacial score (nSPS) is 22.9. The number of aliphatic hydroxyl groups is 1. The summed E-state index contributed by atoms with van der Waals surface area (Å²) in [6.07, 6.45) is 0.321. The summed E-state index contributed by atoms with van der Waals surface area (Å²) in [5.74, 6) is -0.0664. The number of aliphatic hydroxyl groups excluding tert-OH is 1. The van der Waals surface area contributed by atoms with E-state index in [1.807, 2.05) is 0 Å². The number of benzene rings is 1. The van der Waals surface area contributed by atoms with Crippen LogP contribution in [0.2, 0.25) is 0 Å². The lowest BCUT2D eigenvalue weighted by Crippen LogP contribution is -2.37. The summed E-state index contributed by atoms with van der Waals surface area (Å²) < 4.78 is 38.5. The zero-order valence-corrected chi connectivity index (χ0v) is 15.1. The van der Waals surface area contributed by atoms with Gasteiger partial charge in [-0.3, -0.25) is 0 Å². The summed E-state index contributed by atoms with van der Waals surface area (Å²) in [5.41, 5.74) is 0.160. The molecule has 4 rings (SSSR count). The lowest BCUT2D eigenvalue weighted by molar-refractivity contribution is -0.137. The number of phenolic OH excluding ortho intramolecular Hbond substituents is 1. The first-order valence-electron chi connectivity index (χ1n) is 9.42. The van der Waals surface area contributed by atoms with E-state index in [2.05, 4.69) is 20.5 Å². The van der Waals surface area contributed by atoms with Crippen molar-refractivity contribution in [1.29, 1.82) is 0 Å². The Bertz CT molecular complexity index is 871. The predicted molar refractivity (Wildman–Crippen MR) is 95.8 cm³/mol. The number of aromatic hydroxyl groups is 1. The number of anilines is 1. The van der Waals surface area contributed by atoms with E-state index in [1.165, 1.54) is 6.07 Å². The largest absolute Gasteiger partial charge is 0.507 e. The van der Waals surface area contributed by atoms with Gasteiger partial charge in [-0.1, -0.05) is 12.8 Å². The van der Waals surface area contributed by atoms with Gasteiger partial charge >= 0.3 is 6.18 Å². The smallest absolute Gasteiger partial charge is 0.416 e. The highest BCUT2D eigenvalue weighted by Crippen LogP contribution is 2.45. The fourth-order valence-corrected chi connectivity index (χ4v) is 3.59. The van der Waals surface area contributed by atoms with Crippen molar-refractivity contribution in [1.82, 2.24) is 15.2 Å². The Balaban J connectivity index is 1.65. The van der Waals surface area contributed by atoms with Gasteiger partial charge in [-0.15, -0.1) is 10.2 Å². The van der Waals surface area contributed by atoms with E-state index in [-0.39, 0.29) is 17.5 Å². The van der Waals surface area contributed by atoms with Crippen LogP contribution in [0.4, 0.5) is 19.1 Å². The molecule has 2 aliphatic carbocycles. The maximum absolute atomic E-state index is 12.8. The lowest BCUT2D eigenvalue weighted by Gasteiger charge is -2.28. The van der Waals surface area contributed by atoms with Crippen molar-refractivity contribution in [2.45, 2.75) is 62.8 Å². The van der Waals surface area contributed by atoms with E-state index in [0.29, 0.717) is 23.4 Å². The van der Waals surface area contributed by atoms with E-state index in [9.17, 15) is 23.4 Å². The molecule has 2 aliphatic rings. The van der Waals surface area contributed by atoms with Crippen LogP contribution in [0.25, 0.3) is 11.3 Å². The second-order valence-corrected chi connectivity index (χ2v) is 7.48. The predicted octanol–water partition coefficient (Wildman–Crippen LogP) is 3.86. The molecule has 0 spiro atoms. The van der Waals surface area contributed by atoms with Crippen LogP contribution in [0.3, 0.4) is 0 Å². The number of halogens is 3. The number of alkyl halides is 3. The van der Waals surface area contributed by atoms with Crippen LogP contribution in [0.5, 0.6) is 5.75 Å². The maximum Gasteiger partial charge on any atom is 0.416 e. The summed E-state index contributed by atoms with van der Waals surface area (Å²) in [7, 11) is 0. The molecule has 2 fully saturated rings. The molecule has 2 atom stereocenters. The summed E-state index contributed by atoms with van der Waals surface area (Å²) in [4.78, 5) is 4.52. The van der Waals surface area contributed by atoms with E-state index in [0.717, 1.165) is 44.6 Å². The minimum atomic E-state index is -4.53. The minimum absolute atomic E-state index is 0.143. The molecule has 0 unspecified atom stereocenters. The molecule has 3 N–H and O–H groups in total. The number of rotatable bonds is 4. The third-order valence-corrected chi connectivity index (χ3v) is 5.30. The van der Waals surface area contributed by atoms with Crippen LogP contribution in [-0.2, 0) is 6.18 Å². The molecule has 6 nitrogen and oxygen atoms in total. The maximum atomic E-state index is 12.8. The molecule has 0 amide bonds. The molecule has 150 valence electrons. The van der Waals surface area contributed by atoms with Crippen LogP contribution in [-0.4, -0.2) is 37.5 Å². The number of hydrogen-bond acceptors (Lipinski definition) is 6. The van der Waals surface area contributed by atoms with Gasteiger partial charge in [-0.05, 0) is 43.9 Å². The third-order valence-electron chi connectivity index (χ3n) is 5.30. The zero-order chi connectivity index (χ0) is 19.9. The molecule has 0 bridgehead atoms. The number of nitrogens with zero attached hydrogens (tertiary/aromatic N) is 3. The summed E-state index contributed by atoms with van der Waals surface area (Å²) in [6.45, 7) is 0. The van der Waals surface area contributed by atoms with Crippen molar-refractivity contribution in [2.75, 3.05) is 5.32 Å². The number of hydrogen-bond donors (Lipinski definition) is 3. The first-order valence-corrected chi connectivity index (χ1v) is 9.42. The van der Waals surface area contributed by atoms with Gasteiger partial charge in [0.1, 0.15) is 11.4 Å². The molecule has 9 heteroatoms. The number of nitrogens with one attached hydrogen (secondary N) is 1.